The number of halogens is 4. The number of aliphatic imine (C=N–C) groups is 1. The third-order valence-electron chi connectivity index (χ3n) is 2.83. The van der Waals surface area contributed by atoms with Crippen LogP contribution in [-0.4, -0.2) is 5.96 Å². The SMILES string of the molecule is NC(=NCc1ccc(Cl)cc1)Nc1ccc(C(F)(F)F)cc1. The first-order valence-electron chi connectivity index (χ1n) is 6.33. The van der Waals surface area contributed by atoms with Gasteiger partial charge in [-0.15, -0.1) is 0 Å². The van der Waals surface area contributed by atoms with E-state index in [2.05, 4.69) is 10.3 Å². The van der Waals surface area contributed by atoms with E-state index in [9.17, 15) is 13.2 Å². The lowest BCUT2D eigenvalue weighted by Crippen LogP contribution is -2.22. The predicted molar refractivity (Wildman–Crippen MR) is 81.8 cm³/mol. The van der Waals surface area contributed by atoms with Crippen LogP contribution in [0.5, 0.6) is 0 Å². The van der Waals surface area contributed by atoms with E-state index in [4.69, 9.17) is 17.3 Å². The van der Waals surface area contributed by atoms with Crippen LogP contribution in [-0.2, 0) is 12.7 Å². The highest BCUT2D eigenvalue weighted by Gasteiger charge is 2.29. The van der Waals surface area contributed by atoms with Gasteiger partial charge in [0.1, 0.15) is 0 Å². The molecular weight excluding hydrogens is 315 g/mol. The number of nitrogens with two attached hydrogens (primary N) is 1. The van der Waals surface area contributed by atoms with E-state index in [0.29, 0.717) is 17.3 Å². The van der Waals surface area contributed by atoms with Gasteiger partial charge in [-0.25, -0.2) is 4.99 Å². The molecule has 0 atom stereocenters. The number of alkyl halides is 3. The molecule has 0 bridgehead atoms. The topological polar surface area (TPSA) is 50.4 Å². The quantitative estimate of drug-likeness (QED) is 0.653. The molecule has 7 heteroatoms. The minimum absolute atomic E-state index is 0.120. The van der Waals surface area contributed by atoms with Gasteiger partial charge < -0.3 is 11.1 Å². The molecule has 0 saturated carbocycles. The zero-order valence-electron chi connectivity index (χ0n) is 11.4. The summed E-state index contributed by atoms with van der Waals surface area (Å²) in [5.41, 5.74) is 6.34. The van der Waals surface area contributed by atoms with Gasteiger partial charge in [0.05, 0.1) is 12.1 Å². The summed E-state index contributed by atoms with van der Waals surface area (Å²) in [5, 5.41) is 3.36. The molecule has 0 aliphatic carbocycles. The largest absolute Gasteiger partial charge is 0.416 e. The van der Waals surface area contributed by atoms with Crippen molar-refractivity contribution in [1.29, 1.82) is 0 Å². The molecule has 116 valence electrons. The van der Waals surface area contributed by atoms with Gasteiger partial charge in [0, 0.05) is 10.7 Å². The first-order valence-corrected chi connectivity index (χ1v) is 6.71. The second kappa shape index (κ2) is 6.70. The monoisotopic (exact) mass is 327 g/mol. The molecule has 2 aromatic carbocycles. The fourth-order valence-corrected chi connectivity index (χ4v) is 1.82. The van der Waals surface area contributed by atoms with Gasteiger partial charge >= 0.3 is 6.18 Å². The predicted octanol–water partition coefficient (Wildman–Crippen LogP) is 4.29. The van der Waals surface area contributed by atoms with Gasteiger partial charge in [-0.2, -0.15) is 13.2 Å². The van der Waals surface area contributed by atoms with Crippen LogP contribution in [0.4, 0.5) is 18.9 Å². The smallest absolute Gasteiger partial charge is 0.370 e. The molecule has 0 aromatic heterocycles. The summed E-state index contributed by atoms with van der Waals surface area (Å²) < 4.78 is 37.3. The van der Waals surface area contributed by atoms with E-state index in [1.165, 1.54) is 12.1 Å². The Kier molecular flexibility index (Phi) is 4.92. The molecule has 0 fully saturated rings. The third-order valence-corrected chi connectivity index (χ3v) is 3.08. The Hall–Kier alpha value is -2.21. The molecule has 0 spiro atoms. The van der Waals surface area contributed by atoms with Crippen molar-refractivity contribution in [2.75, 3.05) is 5.32 Å². The van der Waals surface area contributed by atoms with Gasteiger partial charge in [0.2, 0.25) is 0 Å². The highest BCUT2D eigenvalue weighted by Crippen LogP contribution is 2.29. The first-order chi connectivity index (χ1) is 10.3. The van der Waals surface area contributed by atoms with Gasteiger partial charge in [0.15, 0.2) is 5.96 Å². The summed E-state index contributed by atoms with van der Waals surface area (Å²) in [5.74, 6) is 0.120. The molecule has 0 saturated heterocycles. The Bertz CT molecular complexity index is 649. The molecule has 2 aromatic rings. The number of benzene rings is 2. The Balaban J connectivity index is 1.97. The van der Waals surface area contributed by atoms with Crippen LogP contribution in [0.15, 0.2) is 53.5 Å². The number of nitrogens with one attached hydrogen (secondary N) is 1. The molecule has 22 heavy (non-hydrogen) atoms. The molecule has 3 nitrogen and oxygen atoms in total. The Morgan fingerprint density at radius 3 is 2.18 bits per heavy atom. The van der Waals surface area contributed by atoms with E-state index < -0.39 is 11.7 Å². The van der Waals surface area contributed by atoms with Crippen LogP contribution in [0, 0.1) is 0 Å². The van der Waals surface area contributed by atoms with E-state index in [-0.39, 0.29) is 5.96 Å². The molecule has 0 aliphatic rings. The van der Waals surface area contributed by atoms with Crippen molar-refractivity contribution >= 4 is 23.2 Å². The molecule has 0 heterocycles. The van der Waals surface area contributed by atoms with E-state index >= 15 is 0 Å². The van der Waals surface area contributed by atoms with E-state index in [1.807, 2.05) is 12.1 Å². The first kappa shape index (κ1) is 16.2. The van der Waals surface area contributed by atoms with Crippen LogP contribution in [0.25, 0.3) is 0 Å². The minimum Gasteiger partial charge on any atom is -0.370 e. The Morgan fingerprint density at radius 1 is 1.05 bits per heavy atom. The minimum atomic E-state index is -4.35. The van der Waals surface area contributed by atoms with Crippen molar-refractivity contribution in [3.63, 3.8) is 0 Å². The van der Waals surface area contributed by atoms with Crippen molar-refractivity contribution < 1.29 is 13.2 Å². The van der Waals surface area contributed by atoms with Crippen molar-refractivity contribution in [1.82, 2.24) is 0 Å². The van der Waals surface area contributed by atoms with Crippen molar-refractivity contribution in [3.05, 3.63) is 64.7 Å². The zero-order valence-corrected chi connectivity index (χ0v) is 12.1. The summed E-state index contributed by atoms with van der Waals surface area (Å²) in [6.45, 7) is 0.344. The van der Waals surface area contributed by atoms with Crippen LogP contribution in [0.3, 0.4) is 0 Å². The van der Waals surface area contributed by atoms with Crippen LogP contribution in [0.1, 0.15) is 11.1 Å². The number of hydrogen-bond acceptors (Lipinski definition) is 1. The molecule has 2 rings (SSSR count). The van der Waals surface area contributed by atoms with Crippen molar-refractivity contribution in [2.45, 2.75) is 12.7 Å². The molecule has 0 radical (unpaired) electrons. The summed E-state index contributed by atoms with van der Waals surface area (Å²) >= 11 is 5.77. The number of nitrogens with zero attached hydrogens (tertiary/aromatic N) is 1. The Morgan fingerprint density at radius 2 is 1.64 bits per heavy atom. The Labute approximate surface area is 130 Å². The highest BCUT2D eigenvalue weighted by molar-refractivity contribution is 6.30. The lowest BCUT2D eigenvalue weighted by molar-refractivity contribution is -0.137. The van der Waals surface area contributed by atoms with E-state index in [1.54, 1.807) is 12.1 Å². The second-order valence-corrected chi connectivity index (χ2v) is 4.96. The molecule has 3 N–H and O–H groups in total. The summed E-state index contributed by atoms with van der Waals surface area (Å²) in [6, 6.07) is 11.7. The number of guanidine groups is 1. The fourth-order valence-electron chi connectivity index (χ4n) is 1.70. The van der Waals surface area contributed by atoms with E-state index in [0.717, 1.165) is 17.7 Å². The van der Waals surface area contributed by atoms with Crippen molar-refractivity contribution in [2.24, 2.45) is 10.7 Å². The van der Waals surface area contributed by atoms with Gasteiger partial charge in [0.25, 0.3) is 0 Å². The normalized spacial score (nSPS) is 12.3. The standard InChI is InChI=1S/C15H13ClF3N3/c16-12-5-1-10(2-6-12)9-21-14(20)22-13-7-3-11(4-8-13)15(17,18)19/h1-8H,9H2,(H3,20,21,22). The second-order valence-electron chi connectivity index (χ2n) is 4.53. The maximum Gasteiger partial charge on any atom is 0.416 e. The third kappa shape index (κ3) is 4.66. The summed E-state index contributed by atoms with van der Waals surface area (Å²) in [7, 11) is 0. The highest BCUT2D eigenvalue weighted by atomic mass is 35.5. The average molecular weight is 328 g/mol. The maximum atomic E-state index is 12.4. The maximum absolute atomic E-state index is 12.4. The number of hydrogen-bond donors (Lipinski definition) is 2. The number of anilines is 1. The van der Waals surface area contributed by atoms with Crippen LogP contribution >= 0.6 is 11.6 Å². The van der Waals surface area contributed by atoms with Gasteiger partial charge in [-0.05, 0) is 42.0 Å². The van der Waals surface area contributed by atoms with Crippen molar-refractivity contribution in [3.8, 4) is 0 Å². The molecular formula is C15H13ClF3N3. The van der Waals surface area contributed by atoms with Crippen LogP contribution < -0.4 is 11.1 Å². The zero-order chi connectivity index (χ0) is 16.2. The van der Waals surface area contributed by atoms with Crippen LogP contribution in [0.2, 0.25) is 5.02 Å². The number of rotatable bonds is 3. The van der Waals surface area contributed by atoms with Gasteiger partial charge in [-0.1, -0.05) is 23.7 Å². The summed E-state index contributed by atoms with van der Waals surface area (Å²) in [4.78, 5) is 4.11. The summed E-state index contributed by atoms with van der Waals surface area (Å²) in [6.07, 6.45) is -4.35. The molecule has 0 amide bonds. The lowest BCUT2D eigenvalue weighted by Gasteiger charge is -2.09. The molecule has 0 aliphatic heterocycles. The lowest BCUT2D eigenvalue weighted by atomic mass is 10.2. The average Bonchev–Trinajstić information content (AvgIpc) is 2.46. The van der Waals surface area contributed by atoms with Gasteiger partial charge in [-0.3, -0.25) is 0 Å². The molecule has 0 unspecified atom stereocenters. The fraction of sp³-hybridized carbons (Fsp3) is 0.133.